The maximum Gasteiger partial charge on any atom is 0.352 e. The van der Waals surface area contributed by atoms with Crippen LogP contribution in [0.4, 0.5) is 0 Å². The van der Waals surface area contributed by atoms with E-state index < -0.39 is 5.97 Å². The molecule has 0 amide bonds. The summed E-state index contributed by atoms with van der Waals surface area (Å²) in [6.07, 6.45) is 1.74. The monoisotopic (exact) mass is 439 g/mol. The highest BCUT2D eigenvalue weighted by atomic mass is 32.1. The molecule has 0 aliphatic rings. The molecule has 2 aromatic carbocycles. The van der Waals surface area contributed by atoms with Crippen LogP contribution in [0, 0.1) is 13.8 Å². The first-order valence-corrected chi connectivity index (χ1v) is 11.2. The average molecular weight is 440 g/mol. The van der Waals surface area contributed by atoms with Gasteiger partial charge in [0.1, 0.15) is 10.7 Å². The van der Waals surface area contributed by atoms with E-state index in [9.17, 15) is 9.90 Å². The van der Waals surface area contributed by atoms with Gasteiger partial charge in [-0.05, 0) is 32.0 Å². The molecule has 5 aromatic rings. The fraction of sp³-hybridized carbons (Fsp3) is 0.115. The molecule has 0 fully saturated rings. The predicted octanol–water partition coefficient (Wildman–Crippen LogP) is 6.19. The summed E-state index contributed by atoms with van der Waals surface area (Å²) < 4.78 is 1.81. The maximum atomic E-state index is 12.1. The van der Waals surface area contributed by atoms with Gasteiger partial charge in [-0.3, -0.25) is 4.98 Å². The van der Waals surface area contributed by atoms with Gasteiger partial charge in [-0.25, -0.2) is 9.78 Å². The van der Waals surface area contributed by atoms with Crippen molar-refractivity contribution in [3.8, 4) is 21.8 Å². The van der Waals surface area contributed by atoms with Crippen LogP contribution in [-0.4, -0.2) is 25.6 Å². The van der Waals surface area contributed by atoms with Crippen molar-refractivity contribution in [3.63, 3.8) is 0 Å². The Hall–Kier alpha value is -3.77. The number of pyridine rings is 1. The lowest BCUT2D eigenvalue weighted by molar-refractivity contribution is 0.0686. The third-order valence-corrected chi connectivity index (χ3v) is 6.45. The van der Waals surface area contributed by atoms with Gasteiger partial charge < -0.3 is 9.67 Å². The van der Waals surface area contributed by atoms with Gasteiger partial charge in [-0.2, -0.15) is 0 Å². The Morgan fingerprint density at radius 1 is 1.00 bits per heavy atom. The molecule has 32 heavy (non-hydrogen) atoms. The molecule has 0 aliphatic heterocycles. The van der Waals surface area contributed by atoms with Gasteiger partial charge in [0.25, 0.3) is 0 Å². The minimum absolute atomic E-state index is 0.229. The number of carbonyl (C=O) groups is 1. The number of hydrogen-bond donors (Lipinski definition) is 1. The normalized spacial score (nSPS) is 11.2. The summed E-state index contributed by atoms with van der Waals surface area (Å²) in [5.41, 5.74) is 7.04. The SMILES string of the molecule is Cc1ccc(-c2nc(Cn3c(C(=O)O)cc4c(-c5cccc(C)c5)nccc43)cs2)cc1. The number of carboxylic acids is 1. The van der Waals surface area contributed by atoms with E-state index in [1.807, 2.05) is 41.1 Å². The van der Waals surface area contributed by atoms with Gasteiger partial charge in [0, 0.05) is 28.1 Å². The molecule has 158 valence electrons. The van der Waals surface area contributed by atoms with E-state index in [0.29, 0.717) is 6.54 Å². The van der Waals surface area contributed by atoms with Crippen LogP contribution in [0.2, 0.25) is 0 Å². The van der Waals surface area contributed by atoms with Crippen LogP contribution in [0.15, 0.2) is 72.2 Å². The Morgan fingerprint density at radius 2 is 1.81 bits per heavy atom. The van der Waals surface area contributed by atoms with Crippen molar-refractivity contribution < 1.29 is 9.90 Å². The quantitative estimate of drug-likeness (QED) is 0.354. The molecule has 5 rings (SSSR count). The summed E-state index contributed by atoms with van der Waals surface area (Å²) in [6.45, 7) is 4.47. The van der Waals surface area contributed by atoms with Crippen molar-refractivity contribution >= 4 is 28.2 Å². The average Bonchev–Trinajstić information content (AvgIpc) is 3.40. The van der Waals surface area contributed by atoms with Crippen molar-refractivity contribution in [2.75, 3.05) is 0 Å². The second kappa shape index (κ2) is 8.05. The lowest BCUT2D eigenvalue weighted by atomic mass is 10.1. The number of thiazole rings is 1. The molecule has 0 unspecified atom stereocenters. The standard InChI is InChI=1S/C26H21N3O2S/c1-16-6-8-18(9-7-16)25-28-20(15-32-25)14-29-22-10-11-27-24(19-5-3-4-17(2)12-19)21(22)13-23(29)26(30)31/h3-13,15H,14H2,1-2H3,(H,30,31). The lowest BCUT2D eigenvalue weighted by Crippen LogP contribution is -2.09. The summed E-state index contributed by atoms with van der Waals surface area (Å²) in [4.78, 5) is 21.4. The van der Waals surface area contributed by atoms with Crippen LogP contribution in [0.25, 0.3) is 32.7 Å². The fourth-order valence-corrected chi connectivity index (χ4v) is 4.74. The highest BCUT2D eigenvalue weighted by Crippen LogP contribution is 2.31. The van der Waals surface area contributed by atoms with E-state index in [1.54, 1.807) is 23.6 Å². The van der Waals surface area contributed by atoms with Crippen LogP contribution >= 0.6 is 11.3 Å². The van der Waals surface area contributed by atoms with Crippen LogP contribution in [-0.2, 0) is 6.54 Å². The topological polar surface area (TPSA) is 68.0 Å². The summed E-state index contributed by atoms with van der Waals surface area (Å²) in [5, 5.41) is 13.6. The molecule has 5 nitrogen and oxygen atoms in total. The molecule has 3 heterocycles. The number of hydrogen-bond acceptors (Lipinski definition) is 4. The molecule has 0 atom stereocenters. The summed E-state index contributed by atoms with van der Waals surface area (Å²) >= 11 is 1.57. The summed E-state index contributed by atoms with van der Waals surface area (Å²) in [7, 11) is 0. The first kappa shape index (κ1) is 20.2. The minimum Gasteiger partial charge on any atom is -0.477 e. The zero-order chi connectivity index (χ0) is 22.2. The van der Waals surface area contributed by atoms with Gasteiger partial charge in [0.2, 0.25) is 0 Å². The molecule has 1 N–H and O–H groups in total. The second-order valence-electron chi connectivity index (χ2n) is 7.89. The highest BCUT2D eigenvalue weighted by molar-refractivity contribution is 7.13. The Bertz CT molecular complexity index is 1450. The number of aromatic carboxylic acids is 1. The maximum absolute atomic E-state index is 12.1. The number of fused-ring (bicyclic) bond motifs is 1. The van der Waals surface area contributed by atoms with Crippen molar-refractivity contribution in [3.05, 3.63) is 94.8 Å². The number of aromatic nitrogens is 3. The number of aryl methyl sites for hydroxylation is 2. The highest BCUT2D eigenvalue weighted by Gasteiger charge is 2.19. The molecule has 3 aromatic heterocycles. The van der Waals surface area contributed by atoms with Gasteiger partial charge in [0.15, 0.2) is 0 Å². The molecular formula is C26H21N3O2S. The first-order chi connectivity index (χ1) is 15.5. The van der Waals surface area contributed by atoms with E-state index in [0.717, 1.165) is 44.0 Å². The van der Waals surface area contributed by atoms with E-state index in [1.165, 1.54) is 5.56 Å². The molecule has 0 saturated heterocycles. The van der Waals surface area contributed by atoms with Gasteiger partial charge in [-0.1, -0.05) is 53.6 Å². The number of nitrogens with zero attached hydrogens (tertiary/aromatic N) is 3. The van der Waals surface area contributed by atoms with Gasteiger partial charge in [0.05, 0.1) is 23.4 Å². The minimum atomic E-state index is -0.967. The van der Waals surface area contributed by atoms with Gasteiger partial charge >= 0.3 is 5.97 Å². The molecule has 6 heteroatoms. The van der Waals surface area contributed by atoms with Crippen molar-refractivity contribution in [2.24, 2.45) is 0 Å². The van der Waals surface area contributed by atoms with Crippen LogP contribution in [0.5, 0.6) is 0 Å². The number of carboxylic acid groups (broad SMARTS) is 1. The number of benzene rings is 2. The number of rotatable bonds is 5. The molecule has 0 aliphatic carbocycles. The van der Waals surface area contributed by atoms with Crippen molar-refractivity contribution in [1.29, 1.82) is 0 Å². The van der Waals surface area contributed by atoms with E-state index in [2.05, 4.69) is 42.2 Å². The molecule has 0 bridgehead atoms. The van der Waals surface area contributed by atoms with Crippen LogP contribution < -0.4 is 0 Å². The lowest BCUT2D eigenvalue weighted by Gasteiger charge is -2.08. The van der Waals surface area contributed by atoms with E-state index in [4.69, 9.17) is 4.98 Å². The Kier molecular flexibility index (Phi) is 5.07. The fourth-order valence-electron chi connectivity index (χ4n) is 3.93. The Morgan fingerprint density at radius 3 is 2.56 bits per heavy atom. The van der Waals surface area contributed by atoms with Crippen LogP contribution in [0.1, 0.15) is 27.3 Å². The van der Waals surface area contributed by atoms with Crippen molar-refractivity contribution in [2.45, 2.75) is 20.4 Å². The third kappa shape index (κ3) is 3.69. The third-order valence-electron chi connectivity index (χ3n) is 5.51. The zero-order valence-corrected chi connectivity index (χ0v) is 18.6. The first-order valence-electron chi connectivity index (χ1n) is 10.3. The summed E-state index contributed by atoms with van der Waals surface area (Å²) in [5.74, 6) is -0.967. The summed E-state index contributed by atoms with van der Waals surface area (Å²) in [6, 6.07) is 19.9. The Labute approximate surface area is 189 Å². The zero-order valence-electron chi connectivity index (χ0n) is 17.7. The molecule has 0 spiro atoms. The molecular weight excluding hydrogens is 418 g/mol. The largest absolute Gasteiger partial charge is 0.477 e. The molecule has 0 saturated carbocycles. The Balaban J connectivity index is 1.58. The second-order valence-corrected chi connectivity index (χ2v) is 8.75. The van der Waals surface area contributed by atoms with E-state index >= 15 is 0 Å². The predicted molar refractivity (Wildman–Crippen MR) is 128 cm³/mol. The van der Waals surface area contributed by atoms with E-state index in [-0.39, 0.29) is 5.69 Å². The smallest absolute Gasteiger partial charge is 0.352 e. The van der Waals surface area contributed by atoms with Gasteiger partial charge in [-0.15, -0.1) is 11.3 Å². The molecule has 0 radical (unpaired) electrons. The van der Waals surface area contributed by atoms with Crippen LogP contribution in [0.3, 0.4) is 0 Å². The van der Waals surface area contributed by atoms with Crippen molar-refractivity contribution in [1.82, 2.24) is 14.5 Å².